The summed E-state index contributed by atoms with van der Waals surface area (Å²) in [6.45, 7) is 16.9. The van der Waals surface area contributed by atoms with Crippen LogP contribution in [0, 0.1) is 11.8 Å². The van der Waals surface area contributed by atoms with Crippen molar-refractivity contribution in [2.75, 3.05) is 0 Å². The summed E-state index contributed by atoms with van der Waals surface area (Å²) in [4.78, 5) is 3.02. The van der Waals surface area contributed by atoms with Crippen molar-refractivity contribution < 1.29 is 8.42 Å². The summed E-state index contributed by atoms with van der Waals surface area (Å²) in [5.74, 6) is 1.53. The summed E-state index contributed by atoms with van der Waals surface area (Å²) >= 11 is 0. The van der Waals surface area contributed by atoms with Crippen molar-refractivity contribution in [3.63, 3.8) is 0 Å². The molecule has 1 aromatic rings. The Kier molecular flexibility index (Phi) is 7.35. The Labute approximate surface area is 172 Å². The van der Waals surface area contributed by atoms with Gasteiger partial charge in [-0.25, -0.2) is 4.83 Å². The molecule has 0 bridgehead atoms. The van der Waals surface area contributed by atoms with Gasteiger partial charge in [-0.1, -0.05) is 67.5 Å². The molecule has 0 radical (unpaired) electrons. The van der Waals surface area contributed by atoms with Gasteiger partial charge < -0.3 is 0 Å². The molecule has 158 valence electrons. The van der Waals surface area contributed by atoms with Gasteiger partial charge in [0, 0.05) is 11.6 Å². The van der Waals surface area contributed by atoms with Crippen molar-refractivity contribution in [2.45, 2.75) is 97.3 Å². The zero-order valence-electron chi connectivity index (χ0n) is 18.8. The molecule has 28 heavy (non-hydrogen) atoms. The van der Waals surface area contributed by atoms with E-state index in [0.717, 1.165) is 36.1 Å². The summed E-state index contributed by atoms with van der Waals surface area (Å²) in [5.41, 5.74) is 3.95. The number of sulfonamides is 1. The number of hydrogen-bond acceptors (Lipinski definition) is 3. The van der Waals surface area contributed by atoms with Crippen LogP contribution in [0.4, 0.5) is 0 Å². The molecule has 1 N–H and O–H groups in total. The summed E-state index contributed by atoms with van der Waals surface area (Å²) in [6, 6.07) is 4.13. The molecular formula is C23H38N2O2S. The van der Waals surface area contributed by atoms with Crippen molar-refractivity contribution in [3.8, 4) is 0 Å². The van der Waals surface area contributed by atoms with Gasteiger partial charge in [0.1, 0.15) is 0 Å². The van der Waals surface area contributed by atoms with E-state index in [1.165, 1.54) is 5.56 Å². The second-order valence-electron chi connectivity index (χ2n) is 9.22. The first-order chi connectivity index (χ1) is 13.0. The van der Waals surface area contributed by atoms with E-state index in [1.807, 2.05) is 0 Å². The molecular weight excluding hydrogens is 368 g/mol. The average Bonchev–Trinajstić information content (AvgIpc) is 2.98. The normalized spacial score (nSPS) is 22.0. The SMILES string of the molecule is CC[C@H]1/C(=N\NS(=O)(=O)c2c(C(C)C)cc(C(C)C)cc2C(C)C)CC[C@H]1C. The number of benzene rings is 1. The van der Waals surface area contributed by atoms with Gasteiger partial charge in [0.25, 0.3) is 10.0 Å². The molecule has 1 aromatic carbocycles. The minimum atomic E-state index is -3.73. The predicted octanol–water partition coefficient (Wildman–Crippen LogP) is 6.15. The third-order valence-electron chi connectivity index (χ3n) is 6.07. The maximum Gasteiger partial charge on any atom is 0.277 e. The lowest BCUT2D eigenvalue weighted by atomic mass is 9.89. The van der Waals surface area contributed by atoms with Crippen LogP contribution in [-0.2, 0) is 10.0 Å². The molecule has 0 aliphatic heterocycles. The third-order valence-corrected chi connectivity index (χ3v) is 7.41. The first kappa shape index (κ1) is 22.9. The third kappa shape index (κ3) is 4.79. The van der Waals surface area contributed by atoms with Gasteiger partial charge in [0.15, 0.2) is 0 Å². The molecule has 2 rings (SSSR count). The van der Waals surface area contributed by atoms with Gasteiger partial charge in [-0.3, -0.25) is 0 Å². The van der Waals surface area contributed by atoms with Crippen LogP contribution in [0.5, 0.6) is 0 Å². The van der Waals surface area contributed by atoms with E-state index >= 15 is 0 Å². The number of rotatable bonds is 7. The van der Waals surface area contributed by atoms with Crippen molar-refractivity contribution in [3.05, 3.63) is 28.8 Å². The monoisotopic (exact) mass is 406 g/mol. The number of hydrazone groups is 1. The molecule has 0 spiro atoms. The molecule has 0 heterocycles. The van der Waals surface area contributed by atoms with Gasteiger partial charge in [0.2, 0.25) is 0 Å². The van der Waals surface area contributed by atoms with Crippen LogP contribution >= 0.6 is 0 Å². The van der Waals surface area contributed by atoms with Crippen LogP contribution in [0.25, 0.3) is 0 Å². The van der Waals surface area contributed by atoms with E-state index in [-0.39, 0.29) is 11.8 Å². The second kappa shape index (κ2) is 8.98. The Morgan fingerprint density at radius 3 is 2.00 bits per heavy atom. The molecule has 1 aliphatic carbocycles. The minimum absolute atomic E-state index is 0.116. The lowest BCUT2D eigenvalue weighted by molar-refractivity contribution is 0.467. The van der Waals surface area contributed by atoms with E-state index in [9.17, 15) is 8.42 Å². The molecule has 0 amide bonds. The molecule has 1 saturated carbocycles. The fourth-order valence-electron chi connectivity index (χ4n) is 4.23. The second-order valence-corrected chi connectivity index (χ2v) is 10.8. The lowest BCUT2D eigenvalue weighted by Crippen LogP contribution is -2.25. The van der Waals surface area contributed by atoms with Gasteiger partial charge in [0.05, 0.1) is 4.90 Å². The fourth-order valence-corrected chi connectivity index (χ4v) is 5.77. The van der Waals surface area contributed by atoms with E-state index in [4.69, 9.17) is 0 Å². The summed E-state index contributed by atoms with van der Waals surface area (Å²) < 4.78 is 26.8. The van der Waals surface area contributed by atoms with Crippen LogP contribution < -0.4 is 4.83 Å². The quantitative estimate of drug-likeness (QED) is 0.552. The highest BCUT2D eigenvalue weighted by atomic mass is 32.2. The first-order valence-corrected chi connectivity index (χ1v) is 12.2. The molecule has 1 fully saturated rings. The lowest BCUT2D eigenvalue weighted by Gasteiger charge is -2.22. The highest BCUT2D eigenvalue weighted by Gasteiger charge is 2.30. The molecule has 5 heteroatoms. The van der Waals surface area contributed by atoms with Crippen LogP contribution in [-0.4, -0.2) is 14.1 Å². The van der Waals surface area contributed by atoms with Crippen molar-refractivity contribution in [2.24, 2.45) is 16.9 Å². The van der Waals surface area contributed by atoms with Crippen LogP contribution in [0.2, 0.25) is 0 Å². The molecule has 0 saturated heterocycles. The van der Waals surface area contributed by atoms with Crippen molar-refractivity contribution in [1.82, 2.24) is 4.83 Å². The van der Waals surface area contributed by atoms with E-state index in [0.29, 0.717) is 22.6 Å². The fraction of sp³-hybridized carbons (Fsp3) is 0.696. The first-order valence-electron chi connectivity index (χ1n) is 10.8. The van der Waals surface area contributed by atoms with Crippen molar-refractivity contribution >= 4 is 15.7 Å². The molecule has 4 nitrogen and oxygen atoms in total. The standard InChI is InChI=1S/C23H38N2O2S/c1-9-19-17(8)10-11-22(19)24-25-28(26,27)23-20(15(4)5)12-18(14(2)3)13-21(23)16(6)7/h12-17,19,25H,9-11H2,1-8H3/b24-22-/t17-,19-/m1/s1. The molecule has 0 unspecified atom stereocenters. The molecule has 0 aromatic heterocycles. The van der Waals surface area contributed by atoms with E-state index < -0.39 is 10.0 Å². The van der Waals surface area contributed by atoms with Gasteiger partial charge in [-0.2, -0.15) is 13.5 Å². The highest BCUT2D eigenvalue weighted by Crippen LogP contribution is 2.35. The molecule has 1 aliphatic rings. The average molecular weight is 407 g/mol. The zero-order valence-corrected chi connectivity index (χ0v) is 19.7. The van der Waals surface area contributed by atoms with Crippen LogP contribution in [0.1, 0.15) is 109 Å². The Morgan fingerprint density at radius 2 is 1.57 bits per heavy atom. The van der Waals surface area contributed by atoms with Crippen molar-refractivity contribution in [1.29, 1.82) is 0 Å². The topological polar surface area (TPSA) is 58.5 Å². The Balaban J connectivity index is 2.55. The largest absolute Gasteiger partial charge is 0.277 e. The minimum Gasteiger partial charge on any atom is -0.200 e. The Bertz CT molecular complexity index is 794. The Morgan fingerprint density at radius 1 is 1.04 bits per heavy atom. The maximum atomic E-state index is 13.4. The van der Waals surface area contributed by atoms with E-state index in [2.05, 4.69) is 77.5 Å². The smallest absolute Gasteiger partial charge is 0.200 e. The highest BCUT2D eigenvalue weighted by molar-refractivity contribution is 7.89. The Hall–Kier alpha value is -1.36. The van der Waals surface area contributed by atoms with Gasteiger partial charge >= 0.3 is 0 Å². The molecule has 2 atom stereocenters. The van der Waals surface area contributed by atoms with Crippen LogP contribution in [0.15, 0.2) is 22.1 Å². The van der Waals surface area contributed by atoms with Crippen LogP contribution in [0.3, 0.4) is 0 Å². The number of nitrogens with one attached hydrogen (secondary N) is 1. The number of nitrogens with zero attached hydrogens (tertiary/aromatic N) is 1. The number of hydrogen-bond donors (Lipinski definition) is 1. The summed E-state index contributed by atoms with van der Waals surface area (Å²) in [5, 5.41) is 4.41. The summed E-state index contributed by atoms with van der Waals surface area (Å²) in [7, 11) is -3.73. The van der Waals surface area contributed by atoms with E-state index in [1.54, 1.807) is 0 Å². The predicted molar refractivity (Wildman–Crippen MR) is 119 cm³/mol. The van der Waals surface area contributed by atoms with Gasteiger partial charge in [-0.15, -0.1) is 0 Å². The zero-order chi connectivity index (χ0) is 21.2. The summed E-state index contributed by atoms with van der Waals surface area (Å²) in [6.07, 6.45) is 2.96. The van der Waals surface area contributed by atoms with Gasteiger partial charge in [-0.05, 0) is 59.6 Å². The maximum absolute atomic E-state index is 13.4.